The molecule has 5 fully saturated rings. The van der Waals surface area contributed by atoms with Crippen LogP contribution in [-0.4, -0.2) is 139 Å². The molecule has 5 aliphatic rings. The fourth-order valence-corrected chi connectivity index (χ4v) is 11.0. The van der Waals surface area contributed by atoms with E-state index in [1.165, 1.54) is 37.9 Å². The molecule has 7 aromatic rings. The number of fused-ring (bicyclic) bond motifs is 3. The number of aldehydes is 1. The number of benzene rings is 3. The first-order valence-electron chi connectivity index (χ1n) is 28.6. The van der Waals surface area contributed by atoms with E-state index in [-0.39, 0.29) is 43.1 Å². The van der Waals surface area contributed by atoms with Gasteiger partial charge in [-0.3, -0.25) is 9.89 Å². The molecule has 0 spiro atoms. The minimum absolute atomic E-state index is 0.0535. The first-order valence-corrected chi connectivity index (χ1v) is 28.6. The second-order valence-electron chi connectivity index (χ2n) is 22.1. The molecular formula is C62H74FN13O6. The van der Waals surface area contributed by atoms with E-state index < -0.39 is 0 Å². The number of nitrogens with zero attached hydrogens (tertiary/aromatic N) is 10. The molecule has 1 aliphatic carbocycles. The third-order valence-corrected chi connectivity index (χ3v) is 16.1. The summed E-state index contributed by atoms with van der Waals surface area (Å²) in [5.74, 6) is 1.56. The number of halogens is 1. The van der Waals surface area contributed by atoms with Crippen LogP contribution in [0, 0.1) is 5.92 Å². The van der Waals surface area contributed by atoms with Gasteiger partial charge in [-0.1, -0.05) is 73.7 Å². The second kappa shape index (κ2) is 26.9. The predicted octanol–water partition coefficient (Wildman–Crippen LogP) is 7.08. The zero-order chi connectivity index (χ0) is 57.1. The van der Waals surface area contributed by atoms with Crippen LogP contribution in [0.15, 0.2) is 97.5 Å². The lowest BCUT2D eigenvalue weighted by Crippen LogP contribution is -2.44. The van der Waals surface area contributed by atoms with E-state index in [0.717, 1.165) is 113 Å². The molecule has 1 amide bonds. The van der Waals surface area contributed by atoms with Crippen molar-refractivity contribution in [1.82, 2.24) is 60.7 Å². The molecule has 4 N–H and O–H groups in total. The Kier molecular flexibility index (Phi) is 18.8. The van der Waals surface area contributed by atoms with Crippen molar-refractivity contribution >= 4 is 41.6 Å². The second-order valence-corrected chi connectivity index (χ2v) is 22.1. The summed E-state index contributed by atoms with van der Waals surface area (Å²) in [6, 6.07) is 20.7. The highest BCUT2D eigenvalue weighted by Gasteiger charge is 2.40. The van der Waals surface area contributed by atoms with Crippen molar-refractivity contribution in [2.75, 3.05) is 51.4 Å². The van der Waals surface area contributed by atoms with Gasteiger partial charge in [-0.05, 0) is 112 Å². The number of allylic oxidation sites excluding steroid dienone is 2. The summed E-state index contributed by atoms with van der Waals surface area (Å²) in [7, 11) is 2.19. The van der Waals surface area contributed by atoms with Crippen LogP contribution in [0.25, 0.3) is 45.6 Å². The molecule has 5 unspecified atom stereocenters. The van der Waals surface area contributed by atoms with Crippen molar-refractivity contribution in [2.45, 2.75) is 121 Å². The number of anilines is 1. The molecule has 1 saturated carbocycles. The van der Waals surface area contributed by atoms with Crippen molar-refractivity contribution < 1.29 is 33.3 Å². The average Bonchev–Trinajstić information content (AvgIpc) is 4.10. The van der Waals surface area contributed by atoms with Crippen LogP contribution in [0.1, 0.15) is 113 Å². The maximum atomic E-state index is 14.6. The maximum absolute atomic E-state index is 14.6. The van der Waals surface area contributed by atoms with E-state index in [4.69, 9.17) is 29.3 Å². The van der Waals surface area contributed by atoms with Crippen LogP contribution < -0.4 is 35.6 Å². The number of aliphatic hydroxyl groups excluding tert-OH is 1. The number of piperazine rings is 1. The summed E-state index contributed by atoms with van der Waals surface area (Å²) >= 11 is 0. The van der Waals surface area contributed by atoms with Gasteiger partial charge < -0.3 is 44.5 Å². The molecular weight excluding hydrogens is 1040 g/mol. The number of rotatable bonds is 18. The highest BCUT2D eigenvalue weighted by molar-refractivity contribution is 5.98. The molecule has 0 radical (unpaired) electrons. The number of hydrogen-bond acceptors (Lipinski definition) is 16. The molecule has 4 saturated heterocycles. The number of likely N-dealkylation sites (tertiary alicyclic amines) is 1. The Morgan fingerprint density at radius 1 is 1.00 bits per heavy atom. The summed E-state index contributed by atoms with van der Waals surface area (Å²) < 4.78 is 35.4. The Hall–Kier alpha value is -7.78. The van der Waals surface area contributed by atoms with E-state index in [9.17, 15) is 14.0 Å². The fraction of sp³-hybridized carbons (Fsp3) is 0.435. The number of carbonyl (C=O) groups excluding carboxylic acids is 2. The number of aromatic amines is 1. The van der Waals surface area contributed by atoms with Gasteiger partial charge in [0.25, 0.3) is 0 Å². The zero-order valence-electron chi connectivity index (χ0n) is 47.3. The van der Waals surface area contributed by atoms with Crippen LogP contribution in [0.5, 0.6) is 11.8 Å². The molecule has 2 bridgehead atoms. The van der Waals surface area contributed by atoms with E-state index >= 15 is 0 Å². The minimum Gasteiger partial charge on any atom is -0.486 e. The number of carbonyl (C=O) groups is 2. The molecule has 5 atom stereocenters. The lowest BCUT2D eigenvalue weighted by molar-refractivity contribution is -0.112. The van der Waals surface area contributed by atoms with E-state index in [1.807, 2.05) is 80.7 Å². The number of aliphatic hydroxyl groups is 1. The third-order valence-electron chi connectivity index (χ3n) is 16.1. The van der Waals surface area contributed by atoms with Gasteiger partial charge in [-0.2, -0.15) is 15.1 Å². The van der Waals surface area contributed by atoms with E-state index in [0.29, 0.717) is 65.9 Å². The van der Waals surface area contributed by atoms with E-state index in [2.05, 4.69) is 70.9 Å². The highest BCUT2D eigenvalue weighted by atomic mass is 19.1. The van der Waals surface area contributed by atoms with E-state index in [1.54, 1.807) is 24.0 Å². The third kappa shape index (κ3) is 13.8. The monoisotopic (exact) mass is 1120 g/mol. The van der Waals surface area contributed by atoms with Gasteiger partial charge >= 0.3 is 6.01 Å². The molecule has 12 rings (SSSR count). The smallest absolute Gasteiger partial charge is 0.319 e. The fourth-order valence-electron chi connectivity index (χ4n) is 11.0. The number of hydrogen-bond donors (Lipinski definition) is 4. The summed E-state index contributed by atoms with van der Waals surface area (Å²) in [6.07, 6.45) is 20.6. The Morgan fingerprint density at radius 2 is 1.78 bits per heavy atom. The van der Waals surface area contributed by atoms with Crippen LogP contribution in [0.4, 0.5) is 10.2 Å². The first-order chi connectivity index (χ1) is 40.0. The highest BCUT2D eigenvalue weighted by Crippen LogP contribution is 2.48. The summed E-state index contributed by atoms with van der Waals surface area (Å²) in [5, 5.41) is 33.4. The largest absolute Gasteiger partial charge is 0.486 e. The molecule has 430 valence electrons. The normalized spacial score (nSPS) is 20.3. The lowest BCUT2D eigenvalue weighted by atomic mass is 9.97. The van der Waals surface area contributed by atoms with Crippen molar-refractivity contribution in [1.29, 1.82) is 0 Å². The minimum atomic E-state index is -0.381. The van der Waals surface area contributed by atoms with Gasteiger partial charge in [-0.25, -0.2) is 19.0 Å². The van der Waals surface area contributed by atoms with Crippen LogP contribution >= 0.6 is 0 Å². The van der Waals surface area contributed by atoms with Crippen LogP contribution in [0.2, 0.25) is 0 Å². The number of amides is 1. The van der Waals surface area contributed by atoms with Crippen molar-refractivity contribution in [3.8, 4) is 34.3 Å². The van der Waals surface area contributed by atoms with Gasteiger partial charge in [0.15, 0.2) is 5.75 Å². The van der Waals surface area contributed by atoms with Crippen molar-refractivity contribution in [2.24, 2.45) is 5.92 Å². The number of nitrogens with one attached hydrogen (secondary N) is 3. The summed E-state index contributed by atoms with van der Waals surface area (Å²) in [5.41, 5.74) is 7.86. The predicted molar refractivity (Wildman–Crippen MR) is 312 cm³/mol. The average molecular weight is 1120 g/mol. The van der Waals surface area contributed by atoms with Gasteiger partial charge in [0.2, 0.25) is 6.41 Å². The van der Waals surface area contributed by atoms with Gasteiger partial charge in [0.1, 0.15) is 54.2 Å². The quantitative estimate of drug-likeness (QED) is 0.0631. The Labute approximate surface area is 477 Å². The first kappa shape index (κ1) is 57.5. The summed E-state index contributed by atoms with van der Waals surface area (Å²) in [6.45, 7) is 12.4. The topological polar surface area (TPSA) is 224 Å². The Balaban J connectivity index is 0.000000247. The molecule has 82 heavy (non-hydrogen) atoms. The standard InChI is InChI=1S/C43H48FN9O4.C13H13N3O2.C6H13N/c1-4-30(44)16-37-29(19-46-49-37)15-35-34(27-9-10-27)18-36-40(47-43(57-33-11-13-55-14-12-33)48-42(36)52-21-31-17-32(52)20-45-31)41(35)56-24-26-5-7-28(8-6-26)38-22-53(51-50-38)39(23-54)25(2)3;17-7-13(16-9-18)11-3-1-10(2-4-11)12-5-6-14-8-15-12;1-6-4-3-5-7(6)2/h4-8,15-16,18-19,22-23,25,27,31-33,39,45,49H,9-14,17,20-21,24H2,1-3H3;1-6,8-9,13,17H,7H2,(H,16,18);6H,3-5H2,1-2H3/b29-15+,30-4-,37-16+;;. The Bertz CT molecular complexity index is 3410. The molecule has 3 aromatic carbocycles. The molecule has 8 heterocycles. The number of ether oxygens (including phenoxy) is 3. The molecule has 20 heteroatoms. The molecule has 19 nitrogen and oxygen atoms in total. The molecule has 4 aromatic heterocycles. The molecule has 4 aliphatic heterocycles. The summed E-state index contributed by atoms with van der Waals surface area (Å²) in [4.78, 5) is 45.3. The maximum Gasteiger partial charge on any atom is 0.319 e. The van der Waals surface area contributed by atoms with Gasteiger partial charge in [-0.15, -0.1) is 5.10 Å². The van der Waals surface area contributed by atoms with Gasteiger partial charge in [0, 0.05) is 77.5 Å². The van der Waals surface area contributed by atoms with Crippen molar-refractivity contribution in [3.63, 3.8) is 0 Å². The van der Waals surface area contributed by atoms with Crippen LogP contribution in [0.3, 0.4) is 0 Å². The lowest BCUT2D eigenvalue weighted by Gasteiger charge is -2.30. The number of H-pyrrole nitrogens is 1. The SMILES string of the molecule is C/C=C(F)/C=c1/[nH]nc/c1=C\c1c(C2CC2)cc2c(N3CC4CC3CN4)nc(OC3CCOCC3)nc2c1OCc1ccc(-c2cn(C(C=O)C(C)C)nn2)cc1.CC1CCCN1C.O=CNC(CO)c1ccc(-c2ccncn2)cc1. The van der Waals surface area contributed by atoms with Crippen LogP contribution in [-0.2, 0) is 20.9 Å². The van der Waals surface area contributed by atoms with Gasteiger partial charge in [0.05, 0.1) is 49.3 Å². The number of aromatic nitrogens is 9. The Morgan fingerprint density at radius 3 is 2.40 bits per heavy atom. The van der Waals surface area contributed by atoms with Crippen molar-refractivity contribution in [3.05, 3.63) is 130 Å². The zero-order valence-corrected chi connectivity index (χ0v) is 47.3.